The van der Waals surface area contributed by atoms with E-state index in [0.29, 0.717) is 22.5 Å². The smallest absolute Gasteiger partial charge is 0.254 e. The van der Waals surface area contributed by atoms with Gasteiger partial charge in [-0.2, -0.15) is 0 Å². The Morgan fingerprint density at radius 1 is 1.04 bits per heavy atom. The van der Waals surface area contributed by atoms with E-state index in [9.17, 15) is 22.8 Å². The molecule has 0 bridgehead atoms. The Labute approximate surface area is 162 Å². The monoisotopic (exact) mass is 405 g/mol. The van der Waals surface area contributed by atoms with Gasteiger partial charge in [0.2, 0.25) is 5.91 Å². The molecule has 0 spiro atoms. The molecule has 9 heteroatoms. The van der Waals surface area contributed by atoms with Crippen molar-refractivity contribution < 1.29 is 22.8 Å². The van der Waals surface area contributed by atoms with Gasteiger partial charge in [-0.05, 0) is 24.3 Å². The van der Waals surface area contributed by atoms with Gasteiger partial charge in [-0.25, -0.2) is 18.2 Å². The number of nitrogens with one attached hydrogen (secondary N) is 2. The molecule has 3 rings (SSSR count). The highest BCUT2D eigenvalue weighted by Crippen LogP contribution is 2.25. The van der Waals surface area contributed by atoms with E-state index < -0.39 is 23.4 Å². The van der Waals surface area contributed by atoms with Crippen molar-refractivity contribution in [2.75, 3.05) is 11.9 Å². The largest absolute Gasteiger partial charge is 0.351 e. The van der Waals surface area contributed by atoms with Crippen LogP contribution in [0.4, 0.5) is 18.3 Å². The minimum absolute atomic E-state index is 0.0381. The minimum atomic E-state index is -0.977. The average molecular weight is 405 g/mol. The number of halogens is 3. The first-order valence-corrected chi connectivity index (χ1v) is 9.05. The Morgan fingerprint density at radius 2 is 1.82 bits per heavy atom. The Bertz CT molecular complexity index is 1020. The number of carbonyl (C=O) groups is 2. The number of benzene rings is 2. The lowest BCUT2D eigenvalue weighted by Crippen LogP contribution is -2.28. The molecule has 0 atom stereocenters. The molecule has 1 aromatic heterocycles. The van der Waals surface area contributed by atoms with Crippen molar-refractivity contribution in [2.24, 2.45) is 0 Å². The second-order valence-corrected chi connectivity index (χ2v) is 6.58. The Balaban J connectivity index is 1.50. The predicted molar refractivity (Wildman–Crippen MR) is 99.4 cm³/mol. The van der Waals surface area contributed by atoms with Crippen molar-refractivity contribution in [3.05, 3.63) is 70.9 Å². The second-order valence-electron chi connectivity index (χ2n) is 5.73. The van der Waals surface area contributed by atoms with Gasteiger partial charge in [0.25, 0.3) is 5.91 Å². The van der Waals surface area contributed by atoms with Crippen molar-refractivity contribution >= 4 is 28.3 Å². The molecular formula is C19H14F3N3O2S. The van der Waals surface area contributed by atoms with Gasteiger partial charge in [-0.15, -0.1) is 11.3 Å². The van der Waals surface area contributed by atoms with Gasteiger partial charge < -0.3 is 10.6 Å². The SMILES string of the molecule is O=C(CCNC(=O)c1ccc(F)cc1F)Nc1nc(-c2cccc(F)c2)cs1. The van der Waals surface area contributed by atoms with Gasteiger partial charge in [0.15, 0.2) is 5.13 Å². The first-order valence-electron chi connectivity index (χ1n) is 8.17. The maximum absolute atomic E-state index is 13.5. The van der Waals surface area contributed by atoms with E-state index in [0.717, 1.165) is 12.1 Å². The summed E-state index contributed by atoms with van der Waals surface area (Å²) in [7, 11) is 0. The van der Waals surface area contributed by atoms with Crippen molar-refractivity contribution in [3.63, 3.8) is 0 Å². The number of anilines is 1. The molecule has 5 nitrogen and oxygen atoms in total. The van der Waals surface area contributed by atoms with Crippen LogP contribution < -0.4 is 10.6 Å². The molecule has 3 aromatic rings. The van der Waals surface area contributed by atoms with E-state index in [1.807, 2.05) is 0 Å². The zero-order chi connectivity index (χ0) is 20.1. The third-order valence-electron chi connectivity index (χ3n) is 3.68. The number of carbonyl (C=O) groups excluding carboxylic acids is 2. The second kappa shape index (κ2) is 8.66. The first-order chi connectivity index (χ1) is 13.4. The maximum Gasteiger partial charge on any atom is 0.254 e. The number of nitrogens with zero attached hydrogens (tertiary/aromatic N) is 1. The van der Waals surface area contributed by atoms with Gasteiger partial charge >= 0.3 is 0 Å². The van der Waals surface area contributed by atoms with Crippen LogP contribution in [-0.2, 0) is 4.79 Å². The van der Waals surface area contributed by atoms with Crippen LogP contribution in [0, 0.1) is 17.5 Å². The molecule has 2 N–H and O–H groups in total. The van der Waals surface area contributed by atoms with Crippen LogP contribution in [-0.4, -0.2) is 23.3 Å². The van der Waals surface area contributed by atoms with Crippen LogP contribution in [0.5, 0.6) is 0 Å². The lowest BCUT2D eigenvalue weighted by Gasteiger charge is -2.06. The van der Waals surface area contributed by atoms with E-state index in [1.54, 1.807) is 17.5 Å². The summed E-state index contributed by atoms with van der Waals surface area (Å²) in [5.74, 6) is -3.29. The molecule has 2 aromatic carbocycles. The summed E-state index contributed by atoms with van der Waals surface area (Å²) in [5, 5.41) is 6.99. The number of aromatic nitrogens is 1. The van der Waals surface area contributed by atoms with Crippen molar-refractivity contribution in [1.82, 2.24) is 10.3 Å². The van der Waals surface area contributed by atoms with Crippen LogP contribution >= 0.6 is 11.3 Å². The third kappa shape index (κ3) is 4.95. The van der Waals surface area contributed by atoms with Gasteiger partial charge in [-0.1, -0.05) is 12.1 Å². The van der Waals surface area contributed by atoms with E-state index in [1.165, 1.54) is 23.5 Å². The van der Waals surface area contributed by atoms with Crippen LogP contribution in [0.1, 0.15) is 16.8 Å². The summed E-state index contributed by atoms with van der Waals surface area (Å²) in [6, 6.07) is 8.55. The quantitative estimate of drug-likeness (QED) is 0.652. The summed E-state index contributed by atoms with van der Waals surface area (Å²) in [6.07, 6.45) is -0.0660. The lowest BCUT2D eigenvalue weighted by molar-refractivity contribution is -0.116. The van der Waals surface area contributed by atoms with Crippen LogP contribution in [0.3, 0.4) is 0 Å². The number of thiazole rings is 1. The molecule has 0 aliphatic heterocycles. The topological polar surface area (TPSA) is 71.1 Å². The molecule has 2 amide bonds. The number of hydrogen-bond acceptors (Lipinski definition) is 4. The van der Waals surface area contributed by atoms with Gasteiger partial charge in [0, 0.05) is 30.0 Å². The highest BCUT2D eigenvalue weighted by Gasteiger charge is 2.13. The fourth-order valence-electron chi connectivity index (χ4n) is 2.35. The van der Waals surface area contributed by atoms with Gasteiger partial charge in [0.05, 0.1) is 11.3 Å². The van der Waals surface area contributed by atoms with Crippen LogP contribution in [0.25, 0.3) is 11.3 Å². The lowest BCUT2D eigenvalue weighted by atomic mass is 10.2. The Hall–Kier alpha value is -3.20. The predicted octanol–water partition coefficient (Wildman–Crippen LogP) is 3.99. The molecule has 0 fully saturated rings. The Kier molecular flexibility index (Phi) is 6.05. The fourth-order valence-corrected chi connectivity index (χ4v) is 3.09. The molecule has 0 saturated carbocycles. The molecule has 0 saturated heterocycles. The van der Waals surface area contributed by atoms with Gasteiger partial charge in [-0.3, -0.25) is 9.59 Å². The van der Waals surface area contributed by atoms with Crippen molar-refractivity contribution in [2.45, 2.75) is 6.42 Å². The summed E-state index contributed by atoms with van der Waals surface area (Å²) >= 11 is 1.18. The third-order valence-corrected chi connectivity index (χ3v) is 4.44. The van der Waals surface area contributed by atoms with E-state index >= 15 is 0 Å². The minimum Gasteiger partial charge on any atom is -0.351 e. The molecule has 0 radical (unpaired) electrons. The maximum atomic E-state index is 13.5. The highest BCUT2D eigenvalue weighted by molar-refractivity contribution is 7.14. The molecular weight excluding hydrogens is 391 g/mol. The average Bonchev–Trinajstić information content (AvgIpc) is 3.10. The van der Waals surface area contributed by atoms with Gasteiger partial charge in [0.1, 0.15) is 17.5 Å². The Morgan fingerprint density at radius 3 is 2.57 bits per heavy atom. The summed E-state index contributed by atoms with van der Waals surface area (Å²) in [5.41, 5.74) is 0.812. The summed E-state index contributed by atoms with van der Waals surface area (Å²) in [4.78, 5) is 28.0. The molecule has 1 heterocycles. The first kappa shape index (κ1) is 19.6. The highest BCUT2D eigenvalue weighted by atomic mass is 32.1. The number of hydrogen-bond donors (Lipinski definition) is 2. The normalized spacial score (nSPS) is 10.5. The molecule has 0 aliphatic rings. The zero-order valence-electron chi connectivity index (χ0n) is 14.3. The van der Waals surface area contributed by atoms with E-state index in [2.05, 4.69) is 15.6 Å². The zero-order valence-corrected chi connectivity index (χ0v) is 15.2. The molecule has 0 aliphatic carbocycles. The number of amides is 2. The van der Waals surface area contributed by atoms with E-state index in [-0.39, 0.29) is 24.3 Å². The molecule has 28 heavy (non-hydrogen) atoms. The molecule has 0 unspecified atom stereocenters. The number of rotatable bonds is 6. The standard InChI is InChI=1S/C19H14F3N3O2S/c20-12-3-1-2-11(8-12)16-10-28-19(24-16)25-17(26)6-7-23-18(27)14-5-4-13(21)9-15(14)22/h1-5,8-10H,6-7H2,(H,23,27)(H,24,25,26). The van der Waals surface area contributed by atoms with Crippen molar-refractivity contribution in [1.29, 1.82) is 0 Å². The van der Waals surface area contributed by atoms with Crippen LogP contribution in [0.2, 0.25) is 0 Å². The summed E-state index contributed by atoms with van der Waals surface area (Å²) < 4.78 is 39.7. The van der Waals surface area contributed by atoms with Crippen LogP contribution in [0.15, 0.2) is 47.8 Å². The fraction of sp³-hybridized carbons (Fsp3) is 0.105. The summed E-state index contributed by atoms with van der Waals surface area (Å²) in [6.45, 7) is -0.0381. The molecule has 144 valence electrons. The van der Waals surface area contributed by atoms with Crippen molar-refractivity contribution in [3.8, 4) is 11.3 Å². The van der Waals surface area contributed by atoms with E-state index in [4.69, 9.17) is 0 Å².